The van der Waals surface area contributed by atoms with Gasteiger partial charge in [-0.05, 0) is 24.4 Å². The Bertz CT molecular complexity index is 1110. The molecule has 6 N–H and O–H groups in total. The molecule has 5 atom stereocenters. The third kappa shape index (κ3) is 5.73. The first-order valence-corrected chi connectivity index (χ1v) is 14.1. The molecule has 4 rings (SSSR count). The van der Waals surface area contributed by atoms with Gasteiger partial charge < -0.3 is 39.5 Å². The van der Waals surface area contributed by atoms with Gasteiger partial charge in [-0.25, -0.2) is 4.98 Å². The average molecular weight is 528 g/mol. The standard InChI is InChI=1S/C16H24ClN5O9P2/c17-16-20-13(19-8-3-1-2-4-8)10-14(21-16)22(6-18-10)15-12(24)11(23)9(31-15)5-30-33(28,29)7-32(25,26)27/h6,8-9,11-12,15,23-24H,1-5,7H2,(H,28,29)(H,19,20,21)(H2,25,26,27)/t9?,11-,12-,15-/m1/s1. The molecule has 2 aliphatic rings. The van der Waals surface area contributed by atoms with Gasteiger partial charge in [-0.2, -0.15) is 9.97 Å². The van der Waals surface area contributed by atoms with Crippen LogP contribution in [0.25, 0.3) is 11.2 Å². The Labute approximate surface area is 192 Å². The lowest BCUT2D eigenvalue weighted by atomic mass is 10.1. The van der Waals surface area contributed by atoms with Crippen molar-refractivity contribution in [3.63, 3.8) is 0 Å². The molecule has 2 aromatic heterocycles. The molecule has 0 spiro atoms. The predicted molar refractivity (Wildman–Crippen MR) is 115 cm³/mol. The number of aliphatic hydroxyl groups is 2. The maximum atomic E-state index is 11.9. The Morgan fingerprint density at radius 1 is 1.18 bits per heavy atom. The fourth-order valence-electron chi connectivity index (χ4n) is 4.00. The summed E-state index contributed by atoms with van der Waals surface area (Å²) in [7, 11) is -9.47. The highest BCUT2D eigenvalue weighted by molar-refractivity contribution is 7.70. The summed E-state index contributed by atoms with van der Waals surface area (Å²) >= 11 is 6.09. The first kappa shape index (κ1) is 24.9. The van der Waals surface area contributed by atoms with Gasteiger partial charge in [0.1, 0.15) is 18.3 Å². The monoisotopic (exact) mass is 527 g/mol. The van der Waals surface area contributed by atoms with E-state index in [9.17, 15) is 24.2 Å². The Morgan fingerprint density at radius 3 is 2.55 bits per heavy atom. The van der Waals surface area contributed by atoms with Crippen LogP contribution in [0, 0.1) is 0 Å². The smallest absolute Gasteiger partial charge is 0.340 e. The summed E-state index contributed by atoms with van der Waals surface area (Å²) in [5, 5.41) is 24.1. The van der Waals surface area contributed by atoms with E-state index in [1.807, 2.05) is 0 Å². The molecule has 33 heavy (non-hydrogen) atoms. The van der Waals surface area contributed by atoms with E-state index in [0.717, 1.165) is 25.7 Å². The average Bonchev–Trinajstić information content (AvgIpc) is 3.40. The number of nitrogens with zero attached hydrogens (tertiary/aromatic N) is 4. The Hall–Kier alpha value is -1.18. The highest BCUT2D eigenvalue weighted by atomic mass is 35.5. The number of aromatic nitrogens is 4. The summed E-state index contributed by atoms with van der Waals surface area (Å²) in [4.78, 5) is 40.1. The molecular formula is C16H24ClN5O9P2. The number of nitrogens with one attached hydrogen (secondary N) is 1. The highest BCUT2D eigenvalue weighted by Crippen LogP contribution is 2.55. The zero-order valence-corrected chi connectivity index (χ0v) is 19.7. The molecule has 2 fully saturated rings. The summed E-state index contributed by atoms with van der Waals surface area (Å²) in [5.41, 5.74) is 0.625. The molecule has 1 aliphatic carbocycles. The van der Waals surface area contributed by atoms with Crippen LogP contribution in [0.1, 0.15) is 31.9 Å². The van der Waals surface area contributed by atoms with E-state index in [1.54, 1.807) is 0 Å². The van der Waals surface area contributed by atoms with Crippen LogP contribution in [0.5, 0.6) is 0 Å². The van der Waals surface area contributed by atoms with E-state index < -0.39 is 52.2 Å². The number of fused-ring (bicyclic) bond motifs is 1. The summed E-state index contributed by atoms with van der Waals surface area (Å²) < 4.78 is 34.5. The second-order valence-electron chi connectivity index (χ2n) is 8.08. The predicted octanol–water partition coefficient (Wildman–Crippen LogP) is 0.791. The molecule has 17 heteroatoms. The van der Waals surface area contributed by atoms with Crippen LogP contribution in [0.3, 0.4) is 0 Å². The Morgan fingerprint density at radius 2 is 1.88 bits per heavy atom. The van der Waals surface area contributed by atoms with Crippen LogP contribution < -0.4 is 5.32 Å². The molecule has 1 saturated heterocycles. The zero-order valence-electron chi connectivity index (χ0n) is 17.1. The number of ether oxygens (including phenoxy) is 1. The van der Waals surface area contributed by atoms with Gasteiger partial charge in [0.25, 0.3) is 0 Å². The lowest BCUT2D eigenvalue weighted by molar-refractivity contribution is -0.0483. The Balaban J connectivity index is 1.53. The number of hydrogen-bond acceptors (Lipinski definition) is 10. The summed E-state index contributed by atoms with van der Waals surface area (Å²) in [6.45, 7) is -0.695. The number of hydrogen-bond donors (Lipinski definition) is 6. The lowest BCUT2D eigenvalue weighted by Crippen LogP contribution is -2.33. The van der Waals surface area contributed by atoms with Crippen molar-refractivity contribution in [1.82, 2.24) is 19.5 Å². The lowest BCUT2D eigenvalue weighted by Gasteiger charge is -2.18. The van der Waals surface area contributed by atoms with Crippen molar-refractivity contribution in [2.75, 3.05) is 17.8 Å². The maximum absolute atomic E-state index is 11.9. The molecule has 14 nitrogen and oxygen atoms in total. The van der Waals surface area contributed by atoms with Gasteiger partial charge in [0, 0.05) is 6.04 Å². The third-order valence-corrected chi connectivity index (χ3v) is 9.13. The fraction of sp³-hybridized carbons (Fsp3) is 0.688. The molecule has 1 aliphatic heterocycles. The molecule has 0 aromatic carbocycles. The quantitative estimate of drug-likeness (QED) is 0.207. The second-order valence-corrected chi connectivity index (χ2v) is 12.4. The van der Waals surface area contributed by atoms with E-state index in [0.29, 0.717) is 11.3 Å². The number of rotatable bonds is 8. The molecule has 0 bridgehead atoms. The van der Waals surface area contributed by atoms with E-state index in [-0.39, 0.29) is 17.0 Å². The fourth-order valence-corrected chi connectivity index (χ4v) is 6.73. The van der Waals surface area contributed by atoms with Gasteiger partial charge in [-0.15, -0.1) is 0 Å². The van der Waals surface area contributed by atoms with Crippen molar-refractivity contribution in [3.8, 4) is 0 Å². The summed E-state index contributed by atoms with van der Waals surface area (Å²) in [5.74, 6) is -0.949. The summed E-state index contributed by atoms with van der Waals surface area (Å²) in [6, 6.07) is 0.225. The maximum Gasteiger partial charge on any atom is 0.340 e. The van der Waals surface area contributed by atoms with Crippen LogP contribution in [-0.2, 0) is 18.4 Å². The molecule has 3 heterocycles. The molecule has 0 radical (unpaired) electrons. The van der Waals surface area contributed by atoms with E-state index in [4.69, 9.17) is 30.6 Å². The van der Waals surface area contributed by atoms with Crippen molar-refractivity contribution in [2.45, 2.75) is 56.3 Å². The zero-order chi connectivity index (χ0) is 24.0. The van der Waals surface area contributed by atoms with Crippen LogP contribution in [0.4, 0.5) is 5.82 Å². The number of halogens is 1. The van der Waals surface area contributed by atoms with Gasteiger partial charge >= 0.3 is 15.2 Å². The summed E-state index contributed by atoms with van der Waals surface area (Å²) in [6.07, 6.45) is 0.0318. The third-order valence-electron chi connectivity index (χ3n) is 5.50. The topological polar surface area (TPSA) is 209 Å². The van der Waals surface area contributed by atoms with Gasteiger partial charge in [0.15, 0.2) is 29.1 Å². The van der Waals surface area contributed by atoms with Crippen LogP contribution in [-0.4, -0.2) is 81.3 Å². The van der Waals surface area contributed by atoms with Gasteiger partial charge in [0.2, 0.25) is 5.28 Å². The minimum absolute atomic E-state index is 0.0590. The van der Waals surface area contributed by atoms with Crippen molar-refractivity contribution in [1.29, 1.82) is 0 Å². The van der Waals surface area contributed by atoms with Crippen LogP contribution in [0.2, 0.25) is 5.28 Å². The largest absolute Gasteiger partial charge is 0.387 e. The van der Waals surface area contributed by atoms with Crippen molar-refractivity contribution >= 4 is 43.8 Å². The minimum Gasteiger partial charge on any atom is -0.387 e. The molecule has 2 aromatic rings. The second kappa shape index (κ2) is 9.46. The van der Waals surface area contributed by atoms with Gasteiger partial charge in [0.05, 0.1) is 12.9 Å². The van der Waals surface area contributed by atoms with Crippen molar-refractivity contribution in [2.24, 2.45) is 0 Å². The van der Waals surface area contributed by atoms with Crippen molar-refractivity contribution in [3.05, 3.63) is 11.6 Å². The first-order valence-electron chi connectivity index (χ1n) is 10.1. The molecule has 2 unspecified atom stereocenters. The van der Waals surface area contributed by atoms with Gasteiger partial charge in [-0.1, -0.05) is 12.8 Å². The van der Waals surface area contributed by atoms with Crippen LogP contribution in [0.15, 0.2) is 6.33 Å². The van der Waals surface area contributed by atoms with Gasteiger partial charge in [-0.3, -0.25) is 13.7 Å². The normalized spacial score (nSPS) is 28.4. The SMILES string of the molecule is O=P(O)(O)CP(=O)(O)OCC1O[C@@H](n2cnc3c(NC4CCCC4)nc(Cl)nc32)[C@H](O)[C@@H]1O. The highest BCUT2D eigenvalue weighted by Gasteiger charge is 2.45. The van der Waals surface area contributed by atoms with E-state index >= 15 is 0 Å². The molecular weight excluding hydrogens is 504 g/mol. The number of imidazole rings is 1. The minimum atomic E-state index is -4.81. The molecule has 184 valence electrons. The van der Waals surface area contributed by atoms with E-state index in [2.05, 4.69) is 20.3 Å². The first-order chi connectivity index (χ1) is 15.4. The van der Waals surface area contributed by atoms with Crippen LogP contribution >= 0.6 is 26.8 Å². The molecule has 1 saturated carbocycles. The van der Waals surface area contributed by atoms with Crippen molar-refractivity contribution < 1.29 is 43.3 Å². The molecule has 0 amide bonds. The number of anilines is 1. The van der Waals surface area contributed by atoms with E-state index in [1.165, 1.54) is 10.9 Å². The number of aliphatic hydroxyl groups excluding tert-OH is 2. The Kier molecular flexibility index (Phi) is 7.15.